The summed E-state index contributed by atoms with van der Waals surface area (Å²) in [6, 6.07) is 11.7. The Balaban J connectivity index is 1.35. The number of fused-ring (bicyclic) bond motifs is 1. The van der Waals surface area contributed by atoms with Crippen LogP contribution in [0.2, 0.25) is 10.0 Å². The van der Waals surface area contributed by atoms with Crippen molar-refractivity contribution in [2.75, 3.05) is 25.0 Å². The first kappa shape index (κ1) is 19.2. The van der Waals surface area contributed by atoms with E-state index in [0.29, 0.717) is 28.3 Å². The van der Waals surface area contributed by atoms with Gasteiger partial charge in [-0.3, -0.25) is 9.69 Å². The summed E-state index contributed by atoms with van der Waals surface area (Å²) in [4.78, 5) is 14.5. The second-order valence-electron chi connectivity index (χ2n) is 7.18. The van der Waals surface area contributed by atoms with Gasteiger partial charge in [-0.25, -0.2) is 4.68 Å². The zero-order valence-corrected chi connectivity index (χ0v) is 17.0. The zero-order chi connectivity index (χ0) is 19.7. The van der Waals surface area contributed by atoms with Crippen molar-refractivity contribution in [1.29, 1.82) is 0 Å². The van der Waals surface area contributed by atoms with Crippen LogP contribution in [0.3, 0.4) is 0 Å². The molecule has 0 bridgehead atoms. The molecule has 0 radical (unpaired) electrons. The maximum atomic E-state index is 12.4. The van der Waals surface area contributed by atoms with Crippen molar-refractivity contribution in [1.82, 2.24) is 19.9 Å². The standard InChI is InChI=1S/C20H21Cl2N5O/c1-13-5-6-18-17(11-13)24-25-27(18)14-7-9-26(10-8-14)12-19(28)23-16-4-2-3-15(21)20(16)22/h2-6,11,14H,7-10,12H2,1H3,(H,23,28). The van der Waals surface area contributed by atoms with Crippen LogP contribution in [0.4, 0.5) is 5.69 Å². The number of aryl methyl sites for hydroxylation is 1. The second-order valence-corrected chi connectivity index (χ2v) is 7.97. The predicted octanol–water partition coefficient (Wildman–Crippen LogP) is 4.32. The van der Waals surface area contributed by atoms with Crippen molar-refractivity contribution >= 4 is 45.8 Å². The molecule has 0 unspecified atom stereocenters. The van der Waals surface area contributed by atoms with E-state index in [1.54, 1.807) is 18.2 Å². The molecule has 0 aliphatic carbocycles. The summed E-state index contributed by atoms with van der Waals surface area (Å²) in [6.45, 7) is 4.04. The third kappa shape index (κ3) is 3.99. The number of hydrogen-bond acceptors (Lipinski definition) is 4. The van der Waals surface area contributed by atoms with Crippen LogP contribution in [0.15, 0.2) is 36.4 Å². The molecule has 0 spiro atoms. The van der Waals surface area contributed by atoms with Crippen molar-refractivity contribution in [2.24, 2.45) is 0 Å². The normalized spacial score (nSPS) is 15.8. The van der Waals surface area contributed by atoms with E-state index < -0.39 is 0 Å². The van der Waals surface area contributed by atoms with E-state index in [-0.39, 0.29) is 5.91 Å². The molecular formula is C20H21Cl2N5O. The number of nitrogens with zero attached hydrogens (tertiary/aromatic N) is 4. The molecule has 8 heteroatoms. The van der Waals surface area contributed by atoms with E-state index in [9.17, 15) is 4.79 Å². The monoisotopic (exact) mass is 417 g/mol. The number of benzene rings is 2. The lowest BCUT2D eigenvalue weighted by Gasteiger charge is -2.31. The van der Waals surface area contributed by atoms with E-state index in [1.165, 1.54) is 5.56 Å². The Morgan fingerprint density at radius 1 is 1.21 bits per heavy atom. The Kier molecular flexibility index (Phi) is 5.53. The van der Waals surface area contributed by atoms with Gasteiger partial charge in [-0.2, -0.15) is 0 Å². The number of anilines is 1. The molecule has 1 aromatic heterocycles. The van der Waals surface area contributed by atoms with Crippen molar-refractivity contribution in [3.8, 4) is 0 Å². The van der Waals surface area contributed by atoms with Crippen LogP contribution in [0, 0.1) is 6.92 Å². The lowest BCUT2D eigenvalue weighted by Crippen LogP contribution is -2.39. The van der Waals surface area contributed by atoms with Crippen molar-refractivity contribution in [3.05, 3.63) is 52.0 Å². The van der Waals surface area contributed by atoms with E-state index >= 15 is 0 Å². The molecule has 3 aromatic rings. The summed E-state index contributed by atoms with van der Waals surface area (Å²) in [6.07, 6.45) is 1.86. The predicted molar refractivity (Wildman–Crippen MR) is 112 cm³/mol. The van der Waals surface area contributed by atoms with Gasteiger partial charge in [0.05, 0.1) is 33.8 Å². The summed E-state index contributed by atoms with van der Waals surface area (Å²) >= 11 is 12.1. The molecule has 1 N–H and O–H groups in total. The van der Waals surface area contributed by atoms with Crippen LogP contribution in [-0.2, 0) is 4.79 Å². The quantitative estimate of drug-likeness (QED) is 0.686. The number of piperidine rings is 1. The molecule has 28 heavy (non-hydrogen) atoms. The number of carbonyl (C=O) groups excluding carboxylic acids is 1. The minimum Gasteiger partial charge on any atom is -0.324 e. The van der Waals surface area contributed by atoms with Crippen LogP contribution in [0.5, 0.6) is 0 Å². The van der Waals surface area contributed by atoms with E-state index in [4.69, 9.17) is 23.2 Å². The van der Waals surface area contributed by atoms with Crippen LogP contribution < -0.4 is 5.32 Å². The fourth-order valence-electron chi connectivity index (χ4n) is 3.64. The highest BCUT2D eigenvalue weighted by Crippen LogP contribution is 2.30. The number of amides is 1. The first-order valence-electron chi connectivity index (χ1n) is 9.29. The van der Waals surface area contributed by atoms with E-state index in [1.807, 2.05) is 4.68 Å². The highest BCUT2D eigenvalue weighted by atomic mass is 35.5. The SMILES string of the molecule is Cc1ccc2c(c1)nnn2C1CCN(CC(=O)Nc2cccc(Cl)c2Cl)CC1. The van der Waals surface area contributed by atoms with Gasteiger partial charge in [0.1, 0.15) is 5.52 Å². The second kappa shape index (κ2) is 8.07. The average molecular weight is 418 g/mol. The first-order valence-corrected chi connectivity index (χ1v) is 10.0. The molecule has 1 fully saturated rings. The van der Waals surface area contributed by atoms with Crippen LogP contribution in [0.25, 0.3) is 11.0 Å². The molecule has 1 amide bonds. The number of nitrogens with one attached hydrogen (secondary N) is 1. The van der Waals surface area contributed by atoms with Gasteiger partial charge < -0.3 is 5.32 Å². The van der Waals surface area contributed by atoms with Gasteiger partial charge in [0.25, 0.3) is 0 Å². The highest BCUT2D eigenvalue weighted by molar-refractivity contribution is 6.44. The van der Waals surface area contributed by atoms with Gasteiger partial charge >= 0.3 is 0 Å². The van der Waals surface area contributed by atoms with Gasteiger partial charge in [-0.15, -0.1) is 5.10 Å². The Hall–Kier alpha value is -2.15. The summed E-state index contributed by atoms with van der Waals surface area (Å²) in [7, 11) is 0. The number of hydrogen-bond donors (Lipinski definition) is 1. The molecule has 1 aliphatic rings. The topological polar surface area (TPSA) is 63.1 Å². The first-order chi connectivity index (χ1) is 13.5. The van der Waals surface area contributed by atoms with Crippen LogP contribution >= 0.6 is 23.2 Å². The maximum Gasteiger partial charge on any atom is 0.238 e. The maximum absolute atomic E-state index is 12.4. The number of carbonyl (C=O) groups is 1. The molecule has 0 saturated carbocycles. The fourth-order valence-corrected chi connectivity index (χ4v) is 3.98. The Bertz CT molecular complexity index is 1010. The van der Waals surface area contributed by atoms with Crippen molar-refractivity contribution in [3.63, 3.8) is 0 Å². The molecule has 0 atom stereocenters. The fraction of sp³-hybridized carbons (Fsp3) is 0.350. The van der Waals surface area contributed by atoms with Crippen LogP contribution in [0.1, 0.15) is 24.4 Å². The van der Waals surface area contributed by atoms with Crippen molar-refractivity contribution in [2.45, 2.75) is 25.8 Å². The van der Waals surface area contributed by atoms with Gasteiger partial charge in [0.15, 0.2) is 0 Å². The van der Waals surface area contributed by atoms with E-state index in [2.05, 4.69) is 45.7 Å². The van der Waals surface area contributed by atoms with E-state index in [0.717, 1.165) is 37.0 Å². The summed E-state index contributed by atoms with van der Waals surface area (Å²) in [5.74, 6) is -0.0932. The molecule has 146 valence electrons. The molecule has 2 heterocycles. The Labute approximate surface area is 173 Å². The minimum absolute atomic E-state index is 0.0932. The number of rotatable bonds is 4. The van der Waals surface area contributed by atoms with Gasteiger partial charge in [0.2, 0.25) is 5.91 Å². The Morgan fingerprint density at radius 2 is 2.00 bits per heavy atom. The Morgan fingerprint density at radius 3 is 2.79 bits per heavy atom. The molecule has 2 aromatic carbocycles. The summed E-state index contributed by atoms with van der Waals surface area (Å²) in [5.41, 5.74) is 3.72. The van der Waals surface area contributed by atoms with Crippen molar-refractivity contribution < 1.29 is 4.79 Å². The highest BCUT2D eigenvalue weighted by Gasteiger charge is 2.24. The number of halogens is 2. The minimum atomic E-state index is -0.0932. The van der Waals surface area contributed by atoms with Crippen LogP contribution in [-0.4, -0.2) is 45.4 Å². The molecular weight excluding hydrogens is 397 g/mol. The number of aromatic nitrogens is 3. The molecule has 6 nitrogen and oxygen atoms in total. The molecule has 1 aliphatic heterocycles. The summed E-state index contributed by atoms with van der Waals surface area (Å²) < 4.78 is 2.03. The third-order valence-electron chi connectivity index (χ3n) is 5.12. The molecule has 1 saturated heterocycles. The smallest absolute Gasteiger partial charge is 0.238 e. The zero-order valence-electron chi connectivity index (χ0n) is 15.5. The largest absolute Gasteiger partial charge is 0.324 e. The van der Waals surface area contributed by atoms with Gasteiger partial charge in [-0.05, 0) is 49.6 Å². The lowest BCUT2D eigenvalue weighted by atomic mass is 10.0. The third-order valence-corrected chi connectivity index (χ3v) is 5.94. The average Bonchev–Trinajstić information content (AvgIpc) is 3.09. The molecule has 4 rings (SSSR count). The summed E-state index contributed by atoms with van der Waals surface area (Å²) in [5, 5.41) is 12.3. The van der Waals surface area contributed by atoms with Gasteiger partial charge in [-0.1, -0.05) is 40.5 Å². The lowest BCUT2D eigenvalue weighted by molar-refractivity contribution is -0.117. The van der Waals surface area contributed by atoms with Gasteiger partial charge in [0, 0.05) is 13.1 Å². The number of likely N-dealkylation sites (tertiary alicyclic amines) is 1.